The second-order valence-corrected chi connectivity index (χ2v) is 5.89. The Bertz CT molecular complexity index is 274. The zero-order valence-corrected chi connectivity index (χ0v) is 11.6. The Labute approximate surface area is 110 Å². The normalized spacial score (nSPS) is 31.8. The van der Waals surface area contributed by atoms with Crippen LogP contribution in [-0.2, 0) is 4.79 Å². The second kappa shape index (κ2) is 6.53. The van der Waals surface area contributed by atoms with Gasteiger partial charge in [0, 0.05) is 32.2 Å². The zero-order chi connectivity index (χ0) is 13.0. The van der Waals surface area contributed by atoms with Crippen LogP contribution in [0.25, 0.3) is 0 Å². The highest BCUT2D eigenvalue weighted by Crippen LogP contribution is 2.23. The van der Waals surface area contributed by atoms with E-state index in [1.165, 1.54) is 19.3 Å². The molecular weight excluding hydrogens is 226 g/mol. The predicted octanol–water partition coefficient (Wildman–Crippen LogP) is 1.06. The van der Waals surface area contributed by atoms with Crippen molar-refractivity contribution in [1.82, 2.24) is 9.80 Å². The summed E-state index contributed by atoms with van der Waals surface area (Å²) in [4.78, 5) is 16.9. The number of nitrogens with zero attached hydrogens (tertiary/aromatic N) is 2. The third kappa shape index (κ3) is 3.45. The Morgan fingerprint density at radius 2 is 1.61 bits per heavy atom. The molecule has 0 radical (unpaired) electrons. The summed E-state index contributed by atoms with van der Waals surface area (Å²) in [6.07, 6.45) is 6.91. The van der Waals surface area contributed by atoms with Crippen LogP contribution < -0.4 is 5.73 Å². The molecule has 104 valence electrons. The summed E-state index contributed by atoms with van der Waals surface area (Å²) >= 11 is 0. The molecule has 2 N–H and O–H groups in total. The van der Waals surface area contributed by atoms with E-state index in [1.807, 2.05) is 4.90 Å². The van der Waals surface area contributed by atoms with Gasteiger partial charge < -0.3 is 15.5 Å². The Balaban J connectivity index is 1.92. The van der Waals surface area contributed by atoms with Crippen molar-refractivity contribution in [2.75, 3.05) is 33.2 Å². The molecule has 4 heteroatoms. The molecule has 0 aromatic carbocycles. The minimum absolute atomic E-state index is 0.0775. The van der Waals surface area contributed by atoms with Crippen molar-refractivity contribution in [3.8, 4) is 0 Å². The Kier molecular flexibility index (Phi) is 5.01. The number of rotatable bonds is 1. The molecule has 0 bridgehead atoms. The van der Waals surface area contributed by atoms with Crippen LogP contribution in [0.15, 0.2) is 0 Å². The van der Waals surface area contributed by atoms with Crippen molar-refractivity contribution in [2.24, 2.45) is 11.7 Å². The quantitative estimate of drug-likeness (QED) is 0.760. The van der Waals surface area contributed by atoms with E-state index in [4.69, 9.17) is 5.73 Å². The Hall–Kier alpha value is -0.610. The average molecular weight is 253 g/mol. The van der Waals surface area contributed by atoms with Crippen LogP contribution in [0.2, 0.25) is 0 Å². The lowest BCUT2D eigenvalue weighted by Crippen LogP contribution is -2.51. The van der Waals surface area contributed by atoms with Gasteiger partial charge in [0.05, 0.1) is 5.92 Å². The van der Waals surface area contributed by atoms with Crippen LogP contribution in [0.3, 0.4) is 0 Å². The van der Waals surface area contributed by atoms with E-state index < -0.39 is 0 Å². The molecule has 2 unspecified atom stereocenters. The van der Waals surface area contributed by atoms with Gasteiger partial charge in [-0.3, -0.25) is 4.79 Å². The van der Waals surface area contributed by atoms with Crippen LogP contribution in [0.4, 0.5) is 0 Å². The summed E-state index contributed by atoms with van der Waals surface area (Å²) in [5.41, 5.74) is 6.23. The van der Waals surface area contributed by atoms with Crippen LogP contribution in [-0.4, -0.2) is 55.0 Å². The van der Waals surface area contributed by atoms with Gasteiger partial charge >= 0.3 is 0 Å². The highest BCUT2D eigenvalue weighted by Gasteiger charge is 2.31. The first-order valence-electron chi connectivity index (χ1n) is 7.41. The van der Waals surface area contributed by atoms with Crippen molar-refractivity contribution >= 4 is 5.91 Å². The number of nitrogens with two attached hydrogens (primary N) is 1. The molecule has 1 saturated heterocycles. The van der Waals surface area contributed by atoms with Crippen LogP contribution in [0.5, 0.6) is 0 Å². The average Bonchev–Trinajstić information content (AvgIpc) is 2.35. The summed E-state index contributed by atoms with van der Waals surface area (Å²) in [5, 5.41) is 0. The molecular formula is C14H27N3O. The van der Waals surface area contributed by atoms with Crippen LogP contribution in [0.1, 0.15) is 38.5 Å². The first-order valence-corrected chi connectivity index (χ1v) is 7.41. The minimum atomic E-state index is 0.0775. The maximum absolute atomic E-state index is 12.6. The second-order valence-electron chi connectivity index (χ2n) is 5.89. The van der Waals surface area contributed by atoms with Gasteiger partial charge in [-0.25, -0.2) is 0 Å². The van der Waals surface area contributed by atoms with Gasteiger partial charge in [0.25, 0.3) is 0 Å². The largest absolute Gasteiger partial charge is 0.340 e. The highest BCUT2D eigenvalue weighted by atomic mass is 16.2. The van der Waals surface area contributed by atoms with Gasteiger partial charge in [-0.05, 0) is 19.9 Å². The predicted molar refractivity (Wildman–Crippen MR) is 73.2 cm³/mol. The molecule has 1 heterocycles. The van der Waals surface area contributed by atoms with Gasteiger partial charge in [-0.15, -0.1) is 0 Å². The number of amides is 1. The van der Waals surface area contributed by atoms with E-state index in [-0.39, 0.29) is 12.0 Å². The fourth-order valence-corrected chi connectivity index (χ4v) is 3.08. The first-order chi connectivity index (χ1) is 8.68. The summed E-state index contributed by atoms with van der Waals surface area (Å²) in [6.45, 7) is 3.73. The summed E-state index contributed by atoms with van der Waals surface area (Å²) < 4.78 is 0. The van der Waals surface area contributed by atoms with Crippen LogP contribution >= 0.6 is 0 Å². The molecule has 1 aliphatic carbocycles. The third-order valence-electron chi connectivity index (χ3n) is 4.45. The van der Waals surface area contributed by atoms with Gasteiger partial charge in [0.2, 0.25) is 5.91 Å². The molecule has 1 saturated carbocycles. The standard InChI is InChI=1S/C14H27N3O/c1-16-8-10-17(11-9-16)14(18)12-6-4-2-3-5-7-13(12)15/h12-13H,2-11,15H2,1H3. The van der Waals surface area contributed by atoms with Crippen LogP contribution in [0, 0.1) is 5.92 Å². The van der Waals surface area contributed by atoms with Crippen molar-refractivity contribution in [1.29, 1.82) is 0 Å². The molecule has 4 nitrogen and oxygen atoms in total. The number of piperazine rings is 1. The maximum Gasteiger partial charge on any atom is 0.227 e. The van der Waals surface area contributed by atoms with Gasteiger partial charge in [0.1, 0.15) is 0 Å². The smallest absolute Gasteiger partial charge is 0.227 e. The van der Waals surface area contributed by atoms with E-state index in [2.05, 4.69) is 11.9 Å². The number of hydrogen-bond donors (Lipinski definition) is 1. The fourth-order valence-electron chi connectivity index (χ4n) is 3.08. The van der Waals surface area contributed by atoms with Gasteiger partial charge in [-0.2, -0.15) is 0 Å². The summed E-state index contributed by atoms with van der Waals surface area (Å²) in [5.74, 6) is 0.395. The van der Waals surface area contributed by atoms with E-state index in [9.17, 15) is 4.79 Å². The molecule has 1 amide bonds. The molecule has 0 aromatic heterocycles. The molecule has 0 aromatic rings. The minimum Gasteiger partial charge on any atom is -0.340 e. The van der Waals surface area contributed by atoms with Gasteiger partial charge in [0.15, 0.2) is 0 Å². The molecule has 1 aliphatic heterocycles. The molecule has 0 spiro atoms. The summed E-state index contributed by atoms with van der Waals surface area (Å²) in [7, 11) is 2.11. The van der Waals surface area contributed by atoms with Crippen molar-refractivity contribution in [3.63, 3.8) is 0 Å². The van der Waals surface area contributed by atoms with E-state index in [1.54, 1.807) is 0 Å². The Morgan fingerprint density at radius 3 is 2.28 bits per heavy atom. The number of carbonyl (C=O) groups excluding carboxylic acids is 1. The van der Waals surface area contributed by atoms with Gasteiger partial charge in [-0.1, -0.05) is 25.7 Å². The maximum atomic E-state index is 12.6. The lowest BCUT2D eigenvalue weighted by atomic mass is 9.86. The summed E-state index contributed by atoms with van der Waals surface area (Å²) in [6, 6.07) is 0.0810. The molecule has 18 heavy (non-hydrogen) atoms. The fraction of sp³-hybridized carbons (Fsp3) is 0.929. The van der Waals surface area contributed by atoms with E-state index in [0.29, 0.717) is 5.91 Å². The molecule has 2 aliphatic rings. The number of likely N-dealkylation sites (N-methyl/N-ethyl adjacent to an activating group) is 1. The number of carbonyl (C=O) groups is 1. The zero-order valence-electron chi connectivity index (χ0n) is 11.6. The van der Waals surface area contributed by atoms with Crippen molar-refractivity contribution in [3.05, 3.63) is 0 Å². The Morgan fingerprint density at radius 1 is 1.00 bits per heavy atom. The third-order valence-corrected chi connectivity index (χ3v) is 4.45. The number of hydrogen-bond acceptors (Lipinski definition) is 3. The molecule has 2 fully saturated rings. The lowest BCUT2D eigenvalue weighted by Gasteiger charge is -2.36. The first kappa shape index (κ1) is 13.8. The van der Waals surface area contributed by atoms with Crippen molar-refractivity contribution < 1.29 is 4.79 Å². The van der Waals surface area contributed by atoms with Crippen molar-refractivity contribution in [2.45, 2.75) is 44.6 Å². The SMILES string of the molecule is CN1CCN(C(=O)C2CCCCCCC2N)CC1. The van der Waals surface area contributed by atoms with E-state index >= 15 is 0 Å². The topological polar surface area (TPSA) is 49.6 Å². The monoisotopic (exact) mass is 253 g/mol. The highest BCUT2D eigenvalue weighted by molar-refractivity contribution is 5.79. The lowest BCUT2D eigenvalue weighted by molar-refractivity contribution is -0.138. The van der Waals surface area contributed by atoms with E-state index in [0.717, 1.165) is 45.4 Å². The molecule has 2 rings (SSSR count). The molecule has 2 atom stereocenters.